The summed E-state index contributed by atoms with van der Waals surface area (Å²) in [6, 6.07) is 6.68. The number of nitrogens with zero attached hydrogens (tertiary/aromatic N) is 2. The number of hydrogen-bond donors (Lipinski definition) is 2. The third-order valence-corrected chi connectivity index (χ3v) is 6.06. The molecule has 2 N–H and O–H groups in total. The van der Waals surface area contributed by atoms with Crippen molar-refractivity contribution in [3.05, 3.63) is 29.3 Å². The molecule has 0 spiro atoms. The maximum absolute atomic E-state index is 10.9. The van der Waals surface area contributed by atoms with Gasteiger partial charge in [0.25, 0.3) is 0 Å². The SMILES string of the molecule is CCN(CC(=O)O)C1CC(NCc2csc(-c3ccc4c(c3)OCO4)n2)C1. The van der Waals surface area contributed by atoms with Gasteiger partial charge in [0.15, 0.2) is 11.5 Å². The fraction of sp³-hybridized carbons (Fsp3) is 0.474. The van der Waals surface area contributed by atoms with Crippen LogP contribution in [0.2, 0.25) is 0 Å². The minimum atomic E-state index is -0.758. The monoisotopic (exact) mass is 389 g/mol. The van der Waals surface area contributed by atoms with Crippen LogP contribution in [-0.4, -0.2) is 52.9 Å². The highest BCUT2D eigenvalue weighted by Crippen LogP contribution is 2.36. The first-order chi connectivity index (χ1) is 13.1. The Morgan fingerprint density at radius 3 is 2.96 bits per heavy atom. The topological polar surface area (TPSA) is 83.9 Å². The number of thiazole rings is 1. The van der Waals surface area contributed by atoms with E-state index >= 15 is 0 Å². The van der Waals surface area contributed by atoms with Crippen LogP contribution in [0.25, 0.3) is 10.6 Å². The standard InChI is InChI=1S/C19H23N3O4S/c1-2-22(9-18(23)24)15-6-13(7-15)20-8-14-10-27-19(21-14)12-3-4-16-17(5-12)26-11-25-16/h3-5,10,13,15,20H,2,6-9,11H2,1H3,(H,23,24). The molecule has 1 aliphatic heterocycles. The lowest BCUT2D eigenvalue weighted by atomic mass is 9.85. The van der Waals surface area contributed by atoms with Crippen LogP contribution < -0.4 is 14.8 Å². The van der Waals surface area contributed by atoms with Gasteiger partial charge in [0.1, 0.15) is 5.01 Å². The number of hydrogen-bond acceptors (Lipinski definition) is 7. The quantitative estimate of drug-likeness (QED) is 0.718. The second-order valence-corrected chi connectivity index (χ2v) is 7.73. The zero-order chi connectivity index (χ0) is 18.8. The molecule has 4 rings (SSSR count). The van der Waals surface area contributed by atoms with E-state index in [0.29, 0.717) is 12.1 Å². The molecule has 144 valence electrons. The van der Waals surface area contributed by atoms with Gasteiger partial charge in [0, 0.05) is 29.6 Å². The van der Waals surface area contributed by atoms with Gasteiger partial charge in [0.2, 0.25) is 6.79 Å². The van der Waals surface area contributed by atoms with Crippen LogP contribution in [0, 0.1) is 0 Å². The molecule has 2 aromatic rings. The fourth-order valence-electron chi connectivity index (χ4n) is 3.52. The van der Waals surface area contributed by atoms with Crippen LogP contribution in [-0.2, 0) is 11.3 Å². The summed E-state index contributed by atoms with van der Waals surface area (Å²) in [4.78, 5) is 17.7. The molecule has 0 amide bonds. The molecule has 0 atom stereocenters. The highest BCUT2D eigenvalue weighted by molar-refractivity contribution is 7.13. The van der Waals surface area contributed by atoms with Gasteiger partial charge in [-0.25, -0.2) is 4.98 Å². The predicted molar refractivity (Wildman–Crippen MR) is 102 cm³/mol. The molecule has 0 bridgehead atoms. The average Bonchev–Trinajstić information content (AvgIpc) is 3.27. The Hall–Kier alpha value is -2.16. The second kappa shape index (κ2) is 7.84. The summed E-state index contributed by atoms with van der Waals surface area (Å²) in [7, 11) is 0. The Morgan fingerprint density at radius 2 is 2.19 bits per heavy atom. The number of carbonyl (C=O) groups is 1. The molecule has 2 heterocycles. The van der Waals surface area contributed by atoms with Gasteiger partial charge in [-0.1, -0.05) is 6.92 Å². The second-order valence-electron chi connectivity index (χ2n) is 6.87. The Balaban J connectivity index is 1.28. The largest absolute Gasteiger partial charge is 0.480 e. The Morgan fingerprint density at radius 1 is 1.37 bits per heavy atom. The Labute approximate surface area is 161 Å². The molecule has 8 heteroatoms. The van der Waals surface area contributed by atoms with Crippen molar-refractivity contribution in [2.75, 3.05) is 19.9 Å². The normalized spacial score (nSPS) is 20.7. The van der Waals surface area contributed by atoms with Gasteiger partial charge in [-0.15, -0.1) is 11.3 Å². The smallest absolute Gasteiger partial charge is 0.317 e. The Bertz CT molecular complexity index is 819. The summed E-state index contributed by atoms with van der Waals surface area (Å²) in [6.45, 7) is 3.91. The van der Waals surface area contributed by atoms with Crippen LogP contribution >= 0.6 is 11.3 Å². The van der Waals surface area contributed by atoms with Crippen molar-refractivity contribution in [2.24, 2.45) is 0 Å². The van der Waals surface area contributed by atoms with Crippen molar-refractivity contribution in [1.29, 1.82) is 0 Å². The fourth-order valence-corrected chi connectivity index (χ4v) is 4.34. The molecule has 0 radical (unpaired) electrons. The van der Waals surface area contributed by atoms with E-state index < -0.39 is 5.97 Å². The molecule has 0 unspecified atom stereocenters. The lowest BCUT2D eigenvalue weighted by Gasteiger charge is -2.42. The highest BCUT2D eigenvalue weighted by Gasteiger charge is 2.33. The molecular weight excluding hydrogens is 366 g/mol. The van der Waals surface area contributed by atoms with Crippen molar-refractivity contribution < 1.29 is 19.4 Å². The van der Waals surface area contributed by atoms with E-state index in [1.54, 1.807) is 11.3 Å². The molecule has 2 aliphatic rings. The number of fused-ring (bicyclic) bond motifs is 1. The average molecular weight is 389 g/mol. The molecule has 1 aromatic heterocycles. The minimum absolute atomic E-state index is 0.124. The first kappa shape index (κ1) is 18.2. The van der Waals surface area contributed by atoms with Crippen LogP contribution in [0.3, 0.4) is 0 Å². The lowest BCUT2D eigenvalue weighted by molar-refractivity contribution is -0.139. The molecule has 27 heavy (non-hydrogen) atoms. The van der Waals surface area contributed by atoms with Gasteiger partial charge in [0.05, 0.1) is 12.2 Å². The van der Waals surface area contributed by atoms with E-state index in [1.807, 2.05) is 30.0 Å². The number of aliphatic carboxylic acids is 1. The zero-order valence-electron chi connectivity index (χ0n) is 15.2. The van der Waals surface area contributed by atoms with Crippen molar-refractivity contribution in [3.63, 3.8) is 0 Å². The van der Waals surface area contributed by atoms with Gasteiger partial charge >= 0.3 is 5.97 Å². The molecule has 0 saturated heterocycles. The maximum Gasteiger partial charge on any atom is 0.317 e. The first-order valence-corrected chi connectivity index (χ1v) is 10.0. The molecule has 1 aromatic carbocycles. The van der Waals surface area contributed by atoms with E-state index in [4.69, 9.17) is 19.6 Å². The van der Waals surface area contributed by atoms with Crippen molar-refractivity contribution >= 4 is 17.3 Å². The number of carboxylic acid groups (broad SMARTS) is 1. The Kier molecular flexibility index (Phi) is 5.29. The van der Waals surface area contributed by atoms with Crippen LogP contribution in [0.4, 0.5) is 0 Å². The van der Waals surface area contributed by atoms with E-state index in [0.717, 1.165) is 53.7 Å². The summed E-state index contributed by atoms with van der Waals surface area (Å²) in [5.74, 6) is 0.789. The van der Waals surface area contributed by atoms with Gasteiger partial charge in [-0.2, -0.15) is 0 Å². The molecule has 1 fully saturated rings. The summed E-state index contributed by atoms with van der Waals surface area (Å²) in [5, 5.41) is 15.5. The molecule has 1 aliphatic carbocycles. The van der Waals surface area contributed by atoms with Crippen LogP contribution in [0.1, 0.15) is 25.5 Å². The number of carboxylic acids is 1. The van der Waals surface area contributed by atoms with E-state index in [9.17, 15) is 4.79 Å². The van der Waals surface area contributed by atoms with Gasteiger partial charge in [-0.3, -0.25) is 9.69 Å². The summed E-state index contributed by atoms with van der Waals surface area (Å²) < 4.78 is 10.8. The number of rotatable bonds is 8. The van der Waals surface area contributed by atoms with E-state index in [1.165, 1.54) is 0 Å². The van der Waals surface area contributed by atoms with Gasteiger partial charge in [-0.05, 0) is 37.6 Å². The van der Waals surface area contributed by atoms with Gasteiger partial charge < -0.3 is 19.9 Å². The molecule has 1 saturated carbocycles. The van der Waals surface area contributed by atoms with Crippen LogP contribution in [0.15, 0.2) is 23.6 Å². The predicted octanol–water partition coefficient (Wildman–Crippen LogP) is 2.57. The minimum Gasteiger partial charge on any atom is -0.480 e. The zero-order valence-corrected chi connectivity index (χ0v) is 16.0. The number of likely N-dealkylation sites (N-methyl/N-ethyl adjacent to an activating group) is 1. The van der Waals surface area contributed by atoms with Crippen molar-refractivity contribution in [2.45, 2.75) is 38.4 Å². The summed E-state index contributed by atoms with van der Waals surface area (Å²) in [5.41, 5.74) is 2.06. The van der Waals surface area contributed by atoms with Crippen molar-refractivity contribution in [1.82, 2.24) is 15.2 Å². The molecular formula is C19H23N3O4S. The maximum atomic E-state index is 10.9. The number of benzene rings is 1. The summed E-state index contributed by atoms with van der Waals surface area (Å²) >= 11 is 1.62. The van der Waals surface area contributed by atoms with Crippen molar-refractivity contribution in [3.8, 4) is 22.1 Å². The molecule has 7 nitrogen and oxygen atoms in total. The first-order valence-electron chi connectivity index (χ1n) is 9.16. The number of nitrogens with one attached hydrogen (secondary N) is 1. The lowest BCUT2D eigenvalue weighted by Crippen LogP contribution is -2.53. The van der Waals surface area contributed by atoms with Crippen LogP contribution in [0.5, 0.6) is 11.5 Å². The third-order valence-electron chi connectivity index (χ3n) is 5.12. The number of ether oxygens (including phenoxy) is 2. The summed E-state index contributed by atoms with van der Waals surface area (Å²) in [6.07, 6.45) is 1.97. The number of aromatic nitrogens is 1. The van der Waals surface area contributed by atoms with E-state index in [2.05, 4.69) is 10.7 Å². The highest BCUT2D eigenvalue weighted by atomic mass is 32.1. The third kappa shape index (κ3) is 4.07. The van der Waals surface area contributed by atoms with E-state index in [-0.39, 0.29) is 13.3 Å².